The Labute approximate surface area is 76.9 Å². The zero-order valence-corrected chi connectivity index (χ0v) is 7.64. The van der Waals surface area contributed by atoms with Crippen LogP contribution < -0.4 is 0 Å². The first kappa shape index (κ1) is 9.89. The number of ether oxygens (including phenoxy) is 1. The Morgan fingerprint density at radius 2 is 2.23 bits per heavy atom. The molecule has 1 rings (SSSR count). The van der Waals surface area contributed by atoms with Crippen LogP contribution in [0.4, 0.5) is 0 Å². The molecule has 1 aliphatic heterocycles. The molecule has 0 N–H and O–H groups in total. The van der Waals surface area contributed by atoms with Crippen molar-refractivity contribution in [3.05, 3.63) is 5.53 Å². The smallest absolute Gasteiger partial charge is 0.344 e. The zero-order valence-electron chi connectivity index (χ0n) is 7.64. The van der Waals surface area contributed by atoms with Crippen LogP contribution in [0.5, 0.6) is 0 Å². The largest absolute Gasteiger partial charge is 0.381 e. The fourth-order valence-corrected chi connectivity index (χ4v) is 1.39. The maximum absolute atomic E-state index is 11.2. The van der Waals surface area contributed by atoms with E-state index in [0.717, 1.165) is 19.1 Å². The molecule has 0 saturated carbocycles. The van der Waals surface area contributed by atoms with Crippen molar-refractivity contribution in [3.8, 4) is 0 Å². The van der Waals surface area contributed by atoms with Gasteiger partial charge < -0.3 is 15.2 Å². The molecule has 1 aliphatic rings. The SMILES string of the molecule is CN(C(=O)C=[N+]=[N-])C1CCOCC1. The van der Waals surface area contributed by atoms with Crippen molar-refractivity contribution < 1.29 is 14.3 Å². The topological polar surface area (TPSA) is 65.9 Å². The van der Waals surface area contributed by atoms with E-state index < -0.39 is 0 Å². The summed E-state index contributed by atoms with van der Waals surface area (Å²) in [6, 6.07) is 0.208. The molecule has 0 atom stereocenters. The van der Waals surface area contributed by atoms with Crippen LogP contribution in [0.2, 0.25) is 0 Å². The van der Waals surface area contributed by atoms with Crippen LogP contribution in [-0.2, 0) is 9.53 Å². The number of hydrogen-bond donors (Lipinski definition) is 0. The van der Waals surface area contributed by atoms with Crippen LogP contribution in [0.1, 0.15) is 12.8 Å². The minimum absolute atomic E-state index is 0.208. The van der Waals surface area contributed by atoms with Crippen molar-refractivity contribution >= 4 is 12.1 Å². The Morgan fingerprint density at radius 1 is 1.62 bits per heavy atom. The van der Waals surface area contributed by atoms with Crippen LogP contribution in [0, 0.1) is 0 Å². The van der Waals surface area contributed by atoms with Crippen molar-refractivity contribution in [1.82, 2.24) is 4.90 Å². The third-order valence-electron chi connectivity index (χ3n) is 2.25. The normalized spacial score (nSPS) is 17.6. The van der Waals surface area contributed by atoms with E-state index in [1.54, 1.807) is 11.9 Å². The van der Waals surface area contributed by atoms with E-state index in [4.69, 9.17) is 10.3 Å². The van der Waals surface area contributed by atoms with Crippen molar-refractivity contribution in [1.29, 1.82) is 0 Å². The van der Waals surface area contributed by atoms with E-state index >= 15 is 0 Å². The number of nitrogens with zero attached hydrogens (tertiary/aromatic N) is 3. The standard InChI is InChI=1S/C8H13N3O2/c1-11(8(12)6-10-9)7-2-4-13-5-3-7/h6-7H,2-5H2,1H3. The summed E-state index contributed by atoms with van der Waals surface area (Å²) in [6.45, 7) is 1.39. The fraction of sp³-hybridized carbons (Fsp3) is 0.750. The number of carbonyl (C=O) groups excluding carboxylic acids is 1. The van der Waals surface area contributed by atoms with Crippen LogP contribution in [-0.4, -0.2) is 48.1 Å². The molecule has 0 spiro atoms. The molecule has 1 fully saturated rings. The highest BCUT2D eigenvalue weighted by molar-refractivity contribution is 6.23. The fourth-order valence-electron chi connectivity index (χ4n) is 1.39. The minimum atomic E-state index is -0.269. The first-order valence-electron chi connectivity index (χ1n) is 4.27. The third kappa shape index (κ3) is 2.65. The highest BCUT2D eigenvalue weighted by atomic mass is 16.5. The molecule has 13 heavy (non-hydrogen) atoms. The predicted octanol–water partition coefficient (Wildman–Crippen LogP) is -0.0756. The second-order valence-electron chi connectivity index (χ2n) is 3.04. The molecule has 1 amide bonds. The van der Waals surface area contributed by atoms with Crippen LogP contribution in [0.25, 0.3) is 5.53 Å². The molecule has 0 aliphatic carbocycles. The maximum Gasteiger partial charge on any atom is 0.344 e. The quantitative estimate of drug-likeness (QED) is 0.341. The molecule has 5 nitrogen and oxygen atoms in total. The molecule has 5 heteroatoms. The molecule has 0 bridgehead atoms. The first-order chi connectivity index (χ1) is 6.25. The first-order valence-corrected chi connectivity index (χ1v) is 4.27. The lowest BCUT2D eigenvalue weighted by atomic mass is 10.1. The molecule has 0 aromatic heterocycles. The maximum atomic E-state index is 11.2. The molecule has 0 aromatic rings. The van der Waals surface area contributed by atoms with Gasteiger partial charge in [0.05, 0.1) is 0 Å². The van der Waals surface area contributed by atoms with Gasteiger partial charge in [0.2, 0.25) is 0 Å². The zero-order chi connectivity index (χ0) is 9.68. The summed E-state index contributed by atoms with van der Waals surface area (Å²) in [4.78, 5) is 15.5. The van der Waals surface area contributed by atoms with Crippen LogP contribution in [0.3, 0.4) is 0 Å². The molecule has 0 unspecified atom stereocenters. The molecular weight excluding hydrogens is 170 g/mol. The predicted molar refractivity (Wildman–Crippen MR) is 46.3 cm³/mol. The van der Waals surface area contributed by atoms with E-state index in [1.165, 1.54) is 0 Å². The van der Waals surface area contributed by atoms with E-state index in [9.17, 15) is 4.79 Å². The number of amides is 1. The van der Waals surface area contributed by atoms with Crippen molar-refractivity contribution in [2.45, 2.75) is 18.9 Å². The number of carbonyl (C=O) groups is 1. The van der Waals surface area contributed by atoms with E-state index in [-0.39, 0.29) is 11.9 Å². The van der Waals surface area contributed by atoms with Gasteiger partial charge in [0.15, 0.2) is 0 Å². The monoisotopic (exact) mass is 183 g/mol. The van der Waals surface area contributed by atoms with Gasteiger partial charge in [-0.3, -0.25) is 4.79 Å². The van der Waals surface area contributed by atoms with Gasteiger partial charge in [0.1, 0.15) is 0 Å². The molecule has 72 valence electrons. The van der Waals surface area contributed by atoms with Crippen molar-refractivity contribution in [2.24, 2.45) is 0 Å². The summed E-state index contributed by atoms with van der Waals surface area (Å²) in [6.07, 6.45) is 2.61. The highest BCUT2D eigenvalue weighted by Crippen LogP contribution is 2.11. The van der Waals surface area contributed by atoms with E-state index in [1.807, 2.05) is 0 Å². The van der Waals surface area contributed by atoms with E-state index in [2.05, 4.69) is 4.79 Å². The van der Waals surface area contributed by atoms with E-state index in [0.29, 0.717) is 13.2 Å². The van der Waals surface area contributed by atoms with Gasteiger partial charge in [0, 0.05) is 26.3 Å². The van der Waals surface area contributed by atoms with Crippen molar-refractivity contribution in [2.75, 3.05) is 20.3 Å². The molecule has 0 aromatic carbocycles. The van der Waals surface area contributed by atoms with Gasteiger partial charge in [-0.25, -0.2) is 0 Å². The third-order valence-corrected chi connectivity index (χ3v) is 2.25. The molecule has 1 saturated heterocycles. The van der Waals surface area contributed by atoms with Gasteiger partial charge in [-0.2, -0.15) is 4.79 Å². The summed E-state index contributed by atoms with van der Waals surface area (Å²) in [5.41, 5.74) is 8.18. The summed E-state index contributed by atoms with van der Waals surface area (Å²) < 4.78 is 5.17. The van der Waals surface area contributed by atoms with Gasteiger partial charge in [0.25, 0.3) is 0 Å². The summed E-state index contributed by atoms with van der Waals surface area (Å²) in [7, 11) is 1.71. The Morgan fingerprint density at radius 3 is 2.77 bits per heavy atom. The second-order valence-corrected chi connectivity index (χ2v) is 3.04. The van der Waals surface area contributed by atoms with Crippen molar-refractivity contribution in [3.63, 3.8) is 0 Å². The minimum Gasteiger partial charge on any atom is -0.381 e. The van der Waals surface area contributed by atoms with Gasteiger partial charge in [-0.05, 0) is 12.8 Å². The molecular formula is C8H13N3O2. The highest BCUT2D eigenvalue weighted by Gasteiger charge is 2.22. The number of rotatable bonds is 2. The average Bonchev–Trinajstić information content (AvgIpc) is 2.18. The Balaban J connectivity index is 2.49. The summed E-state index contributed by atoms with van der Waals surface area (Å²) in [5.74, 6) is -0.269. The number of hydrogen-bond acceptors (Lipinski definition) is 2. The lowest BCUT2D eigenvalue weighted by molar-refractivity contribution is -0.129. The van der Waals surface area contributed by atoms with Gasteiger partial charge in [-0.1, -0.05) is 0 Å². The lowest BCUT2D eigenvalue weighted by Crippen LogP contribution is -2.41. The summed E-state index contributed by atoms with van der Waals surface area (Å²) >= 11 is 0. The Bertz CT molecular complexity index is 230. The average molecular weight is 183 g/mol. The van der Waals surface area contributed by atoms with Crippen LogP contribution >= 0.6 is 0 Å². The second kappa shape index (κ2) is 4.74. The van der Waals surface area contributed by atoms with Gasteiger partial charge in [-0.15, -0.1) is 0 Å². The summed E-state index contributed by atoms with van der Waals surface area (Å²) in [5, 5.41) is 0. The molecule has 0 radical (unpaired) electrons. The molecule has 1 heterocycles. The Kier molecular flexibility index (Phi) is 3.61. The lowest BCUT2D eigenvalue weighted by Gasteiger charge is -2.29. The Hall–Kier alpha value is -1.19. The van der Waals surface area contributed by atoms with Gasteiger partial charge >= 0.3 is 12.1 Å². The van der Waals surface area contributed by atoms with Crippen LogP contribution in [0.15, 0.2) is 0 Å².